The summed E-state index contributed by atoms with van der Waals surface area (Å²) in [5, 5.41) is 12.3. The molecule has 3 heterocycles. The minimum Gasteiger partial charge on any atom is -0.355 e. The van der Waals surface area contributed by atoms with E-state index in [9.17, 15) is 9.18 Å². The van der Waals surface area contributed by atoms with Crippen LogP contribution in [0.5, 0.6) is 0 Å². The highest BCUT2D eigenvalue weighted by atomic mass is 19.1. The largest absolute Gasteiger partial charge is 0.355 e. The summed E-state index contributed by atoms with van der Waals surface area (Å²) in [5.74, 6) is 0.604. The van der Waals surface area contributed by atoms with E-state index in [1.807, 2.05) is 12.1 Å². The van der Waals surface area contributed by atoms with Crippen LogP contribution >= 0.6 is 0 Å². The van der Waals surface area contributed by atoms with Crippen molar-refractivity contribution in [3.63, 3.8) is 0 Å². The van der Waals surface area contributed by atoms with Gasteiger partial charge in [0.1, 0.15) is 18.0 Å². The Labute approximate surface area is 156 Å². The van der Waals surface area contributed by atoms with Gasteiger partial charge in [-0.25, -0.2) is 4.39 Å². The standard InChI is InChI=1S/C19H21FN6O/c1-24(12-15-4-2-3-5-16(15)20)19(27)14-8-10-25(11-9-14)18-7-6-17-22-21-13-26(17)23-18/h2-7,13-14H,8-12H2,1H3. The third kappa shape index (κ3) is 3.60. The topological polar surface area (TPSA) is 66.6 Å². The minimum atomic E-state index is -0.276. The van der Waals surface area contributed by atoms with Crippen molar-refractivity contribution in [2.75, 3.05) is 25.0 Å². The number of carbonyl (C=O) groups is 1. The highest BCUT2D eigenvalue weighted by Gasteiger charge is 2.28. The second kappa shape index (κ2) is 7.30. The molecule has 0 bridgehead atoms. The fourth-order valence-electron chi connectivity index (χ4n) is 3.51. The van der Waals surface area contributed by atoms with Crippen molar-refractivity contribution < 1.29 is 9.18 Å². The van der Waals surface area contributed by atoms with Crippen molar-refractivity contribution in [1.29, 1.82) is 0 Å². The molecule has 1 aliphatic heterocycles. The average molecular weight is 368 g/mol. The SMILES string of the molecule is CN(Cc1ccccc1F)C(=O)C1CCN(c2ccc3nncn3n2)CC1. The Kier molecular flexibility index (Phi) is 4.70. The predicted octanol–water partition coefficient (Wildman–Crippen LogP) is 2.14. The van der Waals surface area contributed by atoms with Crippen molar-refractivity contribution in [2.24, 2.45) is 5.92 Å². The lowest BCUT2D eigenvalue weighted by Gasteiger charge is -2.33. The molecule has 0 aliphatic carbocycles. The van der Waals surface area contributed by atoms with Gasteiger partial charge >= 0.3 is 0 Å². The summed E-state index contributed by atoms with van der Waals surface area (Å²) in [7, 11) is 1.74. The summed E-state index contributed by atoms with van der Waals surface area (Å²) in [5.41, 5.74) is 1.25. The maximum atomic E-state index is 13.8. The van der Waals surface area contributed by atoms with E-state index in [1.165, 1.54) is 6.07 Å². The van der Waals surface area contributed by atoms with Crippen LogP contribution in [0.2, 0.25) is 0 Å². The summed E-state index contributed by atoms with van der Waals surface area (Å²) in [6, 6.07) is 10.4. The number of hydrogen-bond acceptors (Lipinski definition) is 5. The molecule has 4 rings (SSSR count). The zero-order chi connectivity index (χ0) is 18.8. The first-order valence-corrected chi connectivity index (χ1v) is 9.02. The Morgan fingerprint density at radius 2 is 2.00 bits per heavy atom. The Morgan fingerprint density at radius 1 is 1.22 bits per heavy atom. The van der Waals surface area contributed by atoms with E-state index in [-0.39, 0.29) is 24.2 Å². The minimum absolute atomic E-state index is 0.0448. The molecule has 1 fully saturated rings. The van der Waals surface area contributed by atoms with Crippen LogP contribution in [0.25, 0.3) is 5.65 Å². The van der Waals surface area contributed by atoms with E-state index >= 15 is 0 Å². The molecule has 0 atom stereocenters. The van der Waals surface area contributed by atoms with Gasteiger partial charge in [0.15, 0.2) is 5.65 Å². The van der Waals surface area contributed by atoms with E-state index < -0.39 is 0 Å². The molecule has 1 aromatic carbocycles. The number of nitrogens with zero attached hydrogens (tertiary/aromatic N) is 6. The Balaban J connectivity index is 1.36. The number of benzene rings is 1. The maximum absolute atomic E-state index is 13.8. The van der Waals surface area contributed by atoms with Crippen LogP contribution in [0.4, 0.5) is 10.2 Å². The zero-order valence-corrected chi connectivity index (χ0v) is 15.1. The molecular weight excluding hydrogens is 347 g/mol. The fraction of sp³-hybridized carbons (Fsp3) is 0.368. The van der Waals surface area contributed by atoms with Gasteiger partial charge in [-0.3, -0.25) is 4.79 Å². The summed E-state index contributed by atoms with van der Waals surface area (Å²) in [4.78, 5) is 16.5. The van der Waals surface area contributed by atoms with E-state index in [0.29, 0.717) is 11.2 Å². The molecule has 7 nitrogen and oxygen atoms in total. The molecule has 1 amide bonds. The molecule has 1 aliphatic rings. The van der Waals surface area contributed by atoms with Gasteiger partial charge in [0.2, 0.25) is 5.91 Å². The monoisotopic (exact) mass is 368 g/mol. The number of hydrogen-bond donors (Lipinski definition) is 0. The quantitative estimate of drug-likeness (QED) is 0.706. The van der Waals surface area contributed by atoms with Crippen LogP contribution in [0.3, 0.4) is 0 Å². The highest BCUT2D eigenvalue weighted by Crippen LogP contribution is 2.24. The lowest BCUT2D eigenvalue weighted by molar-refractivity contribution is -0.135. The smallest absolute Gasteiger partial charge is 0.225 e. The molecular formula is C19H21FN6O. The van der Waals surface area contributed by atoms with Gasteiger partial charge in [0.05, 0.1) is 0 Å². The highest BCUT2D eigenvalue weighted by molar-refractivity contribution is 5.79. The molecule has 0 N–H and O–H groups in total. The molecule has 0 saturated carbocycles. The second-order valence-corrected chi connectivity index (χ2v) is 6.87. The van der Waals surface area contributed by atoms with E-state index in [4.69, 9.17) is 0 Å². The van der Waals surface area contributed by atoms with Crippen LogP contribution in [-0.4, -0.2) is 50.8 Å². The molecule has 8 heteroatoms. The number of piperidine rings is 1. The van der Waals surface area contributed by atoms with Gasteiger partial charge in [0.25, 0.3) is 0 Å². The Bertz CT molecular complexity index is 950. The van der Waals surface area contributed by atoms with E-state index in [1.54, 1.807) is 41.0 Å². The van der Waals surface area contributed by atoms with Crippen molar-refractivity contribution in [1.82, 2.24) is 24.7 Å². The summed E-state index contributed by atoms with van der Waals surface area (Å²) in [6.07, 6.45) is 3.08. The summed E-state index contributed by atoms with van der Waals surface area (Å²) >= 11 is 0. The third-order valence-electron chi connectivity index (χ3n) is 5.06. The molecule has 0 radical (unpaired) electrons. The number of aromatic nitrogens is 4. The van der Waals surface area contributed by atoms with Crippen LogP contribution in [0.1, 0.15) is 18.4 Å². The molecule has 1 saturated heterocycles. The second-order valence-electron chi connectivity index (χ2n) is 6.87. The summed E-state index contributed by atoms with van der Waals surface area (Å²) < 4.78 is 15.5. The van der Waals surface area contributed by atoms with Crippen LogP contribution in [0, 0.1) is 11.7 Å². The van der Waals surface area contributed by atoms with Gasteiger partial charge in [-0.05, 0) is 31.0 Å². The van der Waals surface area contributed by atoms with Crippen LogP contribution in [-0.2, 0) is 11.3 Å². The van der Waals surface area contributed by atoms with Gasteiger partial charge in [-0.15, -0.1) is 15.3 Å². The Hall–Kier alpha value is -3.03. The first kappa shape index (κ1) is 17.4. The molecule has 27 heavy (non-hydrogen) atoms. The predicted molar refractivity (Wildman–Crippen MR) is 98.6 cm³/mol. The normalized spacial score (nSPS) is 15.3. The Morgan fingerprint density at radius 3 is 2.78 bits per heavy atom. The number of anilines is 1. The molecule has 0 spiro atoms. The van der Waals surface area contributed by atoms with Crippen LogP contribution < -0.4 is 4.90 Å². The third-order valence-corrected chi connectivity index (χ3v) is 5.06. The number of fused-ring (bicyclic) bond motifs is 1. The van der Waals surface area contributed by atoms with Crippen LogP contribution in [0.15, 0.2) is 42.7 Å². The number of carbonyl (C=O) groups excluding carboxylic acids is 1. The molecule has 2 aromatic heterocycles. The lowest BCUT2D eigenvalue weighted by Crippen LogP contribution is -2.41. The number of rotatable bonds is 4. The van der Waals surface area contributed by atoms with Gasteiger partial charge < -0.3 is 9.80 Å². The average Bonchev–Trinajstić information content (AvgIpc) is 3.17. The zero-order valence-electron chi connectivity index (χ0n) is 15.1. The first-order valence-electron chi connectivity index (χ1n) is 9.02. The van der Waals surface area contributed by atoms with Gasteiger partial charge in [-0.1, -0.05) is 18.2 Å². The number of amides is 1. The van der Waals surface area contributed by atoms with Crippen molar-refractivity contribution in [3.8, 4) is 0 Å². The molecule has 0 unspecified atom stereocenters. The molecule has 140 valence electrons. The maximum Gasteiger partial charge on any atom is 0.225 e. The van der Waals surface area contributed by atoms with Crippen molar-refractivity contribution >= 4 is 17.4 Å². The lowest BCUT2D eigenvalue weighted by atomic mass is 9.95. The molecule has 3 aromatic rings. The number of halogens is 1. The first-order chi connectivity index (χ1) is 13.1. The summed E-state index contributed by atoms with van der Waals surface area (Å²) in [6.45, 7) is 1.80. The van der Waals surface area contributed by atoms with E-state index in [0.717, 1.165) is 31.7 Å². The van der Waals surface area contributed by atoms with Gasteiger partial charge in [0, 0.05) is 38.2 Å². The fourth-order valence-corrected chi connectivity index (χ4v) is 3.51. The van der Waals surface area contributed by atoms with Crippen molar-refractivity contribution in [3.05, 3.63) is 54.1 Å². The van der Waals surface area contributed by atoms with Gasteiger partial charge in [-0.2, -0.15) is 4.52 Å². The van der Waals surface area contributed by atoms with E-state index in [2.05, 4.69) is 20.2 Å². The van der Waals surface area contributed by atoms with Crippen molar-refractivity contribution in [2.45, 2.75) is 19.4 Å².